The van der Waals surface area contributed by atoms with Gasteiger partial charge in [-0.2, -0.15) is 0 Å². The Balaban J connectivity index is 2.01. The van der Waals surface area contributed by atoms with Crippen molar-refractivity contribution in [2.75, 3.05) is 38.8 Å². The molecular formula is C13H19N3O3. The van der Waals surface area contributed by atoms with E-state index >= 15 is 0 Å². The van der Waals surface area contributed by atoms with Crippen molar-refractivity contribution in [1.82, 2.24) is 9.97 Å². The van der Waals surface area contributed by atoms with Gasteiger partial charge in [0.05, 0.1) is 19.5 Å². The third-order valence-electron chi connectivity index (χ3n) is 3.36. The summed E-state index contributed by atoms with van der Waals surface area (Å²) in [6.45, 7) is 2.63. The molecule has 104 valence electrons. The lowest BCUT2D eigenvalue weighted by molar-refractivity contribution is 0.0593. The van der Waals surface area contributed by atoms with Crippen molar-refractivity contribution in [1.29, 1.82) is 0 Å². The second kappa shape index (κ2) is 6.47. The molecule has 1 fully saturated rings. The number of hydrogen-bond acceptors (Lipinski definition) is 6. The summed E-state index contributed by atoms with van der Waals surface area (Å²) in [4.78, 5) is 21.9. The van der Waals surface area contributed by atoms with Gasteiger partial charge in [-0.25, -0.2) is 9.78 Å². The molecule has 0 atom stereocenters. The molecule has 0 aromatic carbocycles. The van der Waals surface area contributed by atoms with Crippen LogP contribution in [0.5, 0.6) is 0 Å². The fourth-order valence-corrected chi connectivity index (χ4v) is 2.28. The van der Waals surface area contributed by atoms with Gasteiger partial charge >= 0.3 is 5.97 Å². The normalized spacial score (nSPS) is 16.4. The maximum atomic E-state index is 11.4. The number of ether oxygens (including phenoxy) is 2. The van der Waals surface area contributed by atoms with Crippen LogP contribution in [0, 0.1) is 5.92 Å². The molecule has 2 heterocycles. The predicted octanol–water partition coefficient (Wildman–Crippen LogP) is 1.13. The minimum absolute atomic E-state index is 0.249. The van der Waals surface area contributed by atoms with Crippen molar-refractivity contribution in [3.05, 3.63) is 18.1 Å². The molecule has 0 spiro atoms. The first-order chi connectivity index (χ1) is 9.24. The van der Waals surface area contributed by atoms with Crippen LogP contribution in [0.1, 0.15) is 23.3 Å². The fraction of sp³-hybridized carbons (Fsp3) is 0.615. The van der Waals surface area contributed by atoms with Crippen LogP contribution in [0.2, 0.25) is 0 Å². The van der Waals surface area contributed by atoms with Crippen LogP contribution in [-0.4, -0.2) is 49.9 Å². The van der Waals surface area contributed by atoms with Crippen LogP contribution < -0.4 is 4.90 Å². The van der Waals surface area contributed by atoms with E-state index in [9.17, 15) is 4.79 Å². The third-order valence-corrected chi connectivity index (χ3v) is 3.36. The SMILES string of the molecule is COCC1CCN(c2cncc(C(=O)OC)n2)CC1. The lowest BCUT2D eigenvalue weighted by atomic mass is 9.98. The zero-order chi connectivity index (χ0) is 13.7. The molecule has 1 aliphatic heterocycles. The van der Waals surface area contributed by atoms with Gasteiger partial charge < -0.3 is 14.4 Å². The largest absolute Gasteiger partial charge is 0.464 e. The number of carbonyl (C=O) groups is 1. The van der Waals surface area contributed by atoms with E-state index in [1.54, 1.807) is 13.3 Å². The van der Waals surface area contributed by atoms with E-state index in [0.717, 1.165) is 38.4 Å². The van der Waals surface area contributed by atoms with Crippen LogP contribution in [0.15, 0.2) is 12.4 Å². The summed E-state index contributed by atoms with van der Waals surface area (Å²) >= 11 is 0. The van der Waals surface area contributed by atoms with Crippen molar-refractivity contribution < 1.29 is 14.3 Å². The van der Waals surface area contributed by atoms with E-state index in [0.29, 0.717) is 5.92 Å². The Morgan fingerprint density at radius 2 is 2.11 bits per heavy atom. The van der Waals surface area contributed by atoms with Gasteiger partial charge in [-0.1, -0.05) is 0 Å². The van der Waals surface area contributed by atoms with Crippen molar-refractivity contribution in [3.8, 4) is 0 Å². The summed E-state index contributed by atoms with van der Waals surface area (Å²) in [7, 11) is 3.07. The average Bonchev–Trinajstić information content (AvgIpc) is 2.48. The Labute approximate surface area is 112 Å². The molecule has 0 unspecified atom stereocenters. The second-order valence-electron chi connectivity index (χ2n) is 4.64. The number of piperidine rings is 1. The van der Waals surface area contributed by atoms with E-state index in [2.05, 4.69) is 19.6 Å². The summed E-state index contributed by atoms with van der Waals surface area (Å²) in [5.41, 5.74) is 0.249. The van der Waals surface area contributed by atoms with Gasteiger partial charge in [0, 0.05) is 26.8 Å². The Morgan fingerprint density at radius 1 is 1.37 bits per heavy atom. The molecule has 0 radical (unpaired) electrons. The van der Waals surface area contributed by atoms with Gasteiger partial charge in [-0.15, -0.1) is 0 Å². The number of rotatable bonds is 4. The highest BCUT2D eigenvalue weighted by atomic mass is 16.5. The monoisotopic (exact) mass is 265 g/mol. The van der Waals surface area contributed by atoms with Gasteiger partial charge in [-0.3, -0.25) is 4.98 Å². The van der Waals surface area contributed by atoms with Gasteiger partial charge in [0.15, 0.2) is 5.69 Å². The Bertz CT molecular complexity index is 431. The number of carbonyl (C=O) groups excluding carboxylic acids is 1. The number of hydrogen-bond donors (Lipinski definition) is 0. The molecule has 19 heavy (non-hydrogen) atoms. The highest BCUT2D eigenvalue weighted by molar-refractivity contribution is 5.87. The summed E-state index contributed by atoms with van der Waals surface area (Å²) in [6.07, 6.45) is 5.24. The zero-order valence-electron chi connectivity index (χ0n) is 11.3. The molecule has 0 aliphatic carbocycles. The summed E-state index contributed by atoms with van der Waals surface area (Å²) < 4.78 is 9.83. The first-order valence-corrected chi connectivity index (χ1v) is 6.39. The molecule has 1 aromatic heterocycles. The lowest BCUT2D eigenvalue weighted by Gasteiger charge is -2.32. The second-order valence-corrected chi connectivity index (χ2v) is 4.64. The predicted molar refractivity (Wildman–Crippen MR) is 70.2 cm³/mol. The Hall–Kier alpha value is -1.69. The molecule has 0 bridgehead atoms. The number of aromatic nitrogens is 2. The van der Waals surface area contributed by atoms with E-state index in [4.69, 9.17) is 4.74 Å². The van der Waals surface area contributed by atoms with E-state index < -0.39 is 5.97 Å². The quantitative estimate of drug-likeness (QED) is 0.760. The highest BCUT2D eigenvalue weighted by Crippen LogP contribution is 2.21. The summed E-state index contributed by atoms with van der Waals surface area (Å²) in [5.74, 6) is 0.889. The van der Waals surface area contributed by atoms with Gasteiger partial charge in [0.2, 0.25) is 0 Å². The molecule has 1 saturated heterocycles. The molecule has 6 nitrogen and oxygen atoms in total. The number of methoxy groups -OCH3 is 2. The number of nitrogens with zero attached hydrogens (tertiary/aromatic N) is 3. The first kappa shape index (κ1) is 13.7. The van der Waals surface area contributed by atoms with Crippen LogP contribution in [0.25, 0.3) is 0 Å². The molecule has 0 N–H and O–H groups in total. The van der Waals surface area contributed by atoms with Crippen LogP contribution in [-0.2, 0) is 9.47 Å². The average molecular weight is 265 g/mol. The third kappa shape index (κ3) is 3.41. The zero-order valence-corrected chi connectivity index (χ0v) is 11.3. The smallest absolute Gasteiger partial charge is 0.358 e. The van der Waals surface area contributed by atoms with Gasteiger partial charge in [0.25, 0.3) is 0 Å². The molecule has 1 aliphatic rings. The standard InChI is InChI=1S/C13H19N3O3/c1-18-9-10-3-5-16(6-4-10)12-8-14-7-11(15-12)13(17)19-2/h7-8,10H,3-6,9H2,1-2H3. The molecule has 2 rings (SSSR count). The van der Waals surface area contributed by atoms with Crippen molar-refractivity contribution in [2.24, 2.45) is 5.92 Å². The maximum Gasteiger partial charge on any atom is 0.358 e. The lowest BCUT2D eigenvalue weighted by Crippen LogP contribution is -2.35. The van der Waals surface area contributed by atoms with E-state index in [1.165, 1.54) is 13.3 Å². The summed E-state index contributed by atoms with van der Waals surface area (Å²) in [6, 6.07) is 0. The minimum Gasteiger partial charge on any atom is -0.464 e. The topological polar surface area (TPSA) is 64.5 Å². The maximum absolute atomic E-state index is 11.4. The Morgan fingerprint density at radius 3 is 2.74 bits per heavy atom. The molecule has 1 aromatic rings. The van der Waals surface area contributed by atoms with Crippen molar-refractivity contribution >= 4 is 11.8 Å². The van der Waals surface area contributed by atoms with E-state index in [1.807, 2.05) is 0 Å². The van der Waals surface area contributed by atoms with E-state index in [-0.39, 0.29) is 5.69 Å². The first-order valence-electron chi connectivity index (χ1n) is 6.39. The van der Waals surface area contributed by atoms with Crippen LogP contribution in [0.4, 0.5) is 5.82 Å². The summed E-state index contributed by atoms with van der Waals surface area (Å²) in [5, 5.41) is 0. The molecule has 0 amide bonds. The molecule has 6 heteroatoms. The van der Waals surface area contributed by atoms with Crippen molar-refractivity contribution in [3.63, 3.8) is 0 Å². The number of anilines is 1. The van der Waals surface area contributed by atoms with Crippen LogP contribution >= 0.6 is 0 Å². The Kier molecular flexibility index (Phi) is 4.68. The van der Waals surface area contributed by atoms with Crippen LogP contribution in [0.3, 0.4) is 0 Å². The van der Waals surface area contributed by atoms with Crippen molar-refractivity contribution in [2.45, 2.75) is 12.8 Å². The molecular weight excluding hydrogens is 246 g/mol. The van der Waals surface area contributed by atoms with Gasteiger partial charge in [0.1, 0.15) is 5.82 Å². The number of esters is 1. The molecule has 0 saturated carbocycles. The highest BCUT2D eigenvalue weighted by Gasteiger charge is 2.21. The van der Waals surface area contributed by atoms with Gasteiger partial charge in [-0.05, 0) is 18.8 Å². The minimum atomic E-state index is -0.455. The fourth-order valence-electron chi connectivity index (χ4n) is 2.28.